The molecule has 0 amide bonds. The van der Waals surface area contributed by atoms with Crippen LogP contribution in [0.4, 0.5) is 0 Å². The highest BCUT2D eigenvalue weighted by Gasteiger charge is 2.39. The van der Waals surface area contributed by atoms with Gasteiger partial charge in [0.05, 0.1) is 0 Å². The fraction of sp³-hybridized carbons (Fsp3) is 0.562. The summed E-state index contributed by atoms with van der Waals surface area (Å²) < 4.78 is 0. The SMILES string of the molecule is CCNC(CCN(C)C(C)C)(C(=O)O)c1ccccc1. The van der Waals surface area contributed by atoms with Gasteiger partial charge in [0.1, 0.15) is 5.54 Å². The number of carboxylic acids is 1. The molecular weight excluding hydrogens is 252 g/mol. The van der Waals surface area contributed by atoms with Crippen molar-refractivity contribution in [2.24, 2.45) is 0 Å². The Morgan fingerprint density at radius 3 is 2.40 bits per heavy atom. The molecule has 1 aromatic rings. The van der Waals surface area contributed by atoms with Crippen molar-refractivity contribution in [2.75, 3.05) is 20.1 Å². The fourth-order valence-electron chi connectivity index (χ4n) is 2.27. The molecule has 0 heterocycles. The van der Waals surface area contributed by atoms with Gasteiger partial charge in [0.2, 0.25) is 0 Å². The highest BCUT2D eigenvalue weighted by atomic mass is 16.4. The van der Waals surface area contributed by atoms with Crippen LogP contribution in [-0.2, 0) is 10.3 Å². The normalized spacial score (nSPS) is 14.5. The van der Waals surface area contributed by atoms with E-state index in [9.17, 15) is 9.90 Å². The highest BCUT2D eigenvalue weighted by Crippen LogP contribution is 2.26. The summed E-state index contributed by atoms with van der Waals surface area (Å²) in [5.41, 5.74) is -0.203. The van der Waals surface area contributed by atoms with Crippen molar-refractivity contribution in [3.05, 3.63) is 35.9 Å². The molecule has 0 aliphatic heterocycles. The van der Waals surface area contributed by atoms with Gasteiger partial charge in [-0.1, -0.05) is 37.3 Å². The van der Waals surface area contributed by atoms with Crippen LogP contribution in [0.25, 0.3) is 0 Å². The highest BCUT2D eigenvalue weighted by molar-refractivity contribution is 5.80. The zero-order chi connectivity index (χ0) is 15.2. The van der Waals surface area contributed by atoms with E-state index in [0.29, 0.717) is 19.0 Å². The summed E-state index contributed by atoms with van der Waals surface area (Å²) in [6.45, 7) is 7.50. The number of benzene rings is 1. The lowest BCUT2D eigenvalue weighted by Gasteiger charge is -2.33. The van der Waals surface area contributed by atoms with Gasteiger partial charge < -0.3 is 10.0 Å². The molecule has 2 N–H and O–H groups in total. The second-order valence-electron chi connectivity index (χ2n) is 5.43. The first-order valence-corrected chi connectivity index (χ1v) is 7.18. The topological polar surface area (TPSA) is 52.6 Å². The van der Waals surface area contributed by atoms with Crippen molar-refractivity contribution in [1.82, 2.24) is 10.2 Å². The molecule has 1 aromatic carbocycles. The Labute approximate surface area is 121 Å². The van der Waals surface area contributed by atoms with Gasteiger partial charge in [-0.25, -0.2) is 4.79 Å². The van der Waals surface area contributed by atoms with Crippen LogP contribution in [0.2, 0.25) is 0 Å². The monoisotopic (exact) mass is 278 g/mol. The Morgan fingerprint density at radius 1 is 1.35 bits per heavy atom. The van der Waals surface area contributed by atoms with Crippen LogP contribution in [0.1, 0.15) is 32.8 Å². The average Bonchev–Trinajstić information content (AvgIpc) is 2.43. The van der Waals surface area contributed by atoms with Crippen molar-refractivity contribution in [3.63, 3.8) is 0 Å². The Bertz CT molecular complexity index is 420. The van der Waals surface area contributed by atoms with Gasteiger partial charge >= 0.3 is 5.97 Å². The summed E-state index contributed by atoms with van der Waals surface area (Å²) >= 11 is 0. The molecule has 0 aliphatic carbocycles. The first-order chi connectivity index (χ1) is 9.44. The van der Waals surface area contributed by atoms with Crippen LogP contribution in [0.5, 0.6) is 0 Å². The van der Waals surface area contributed by atoms with E-state index in [4.69, 9.17) is 0 Å². The molecular formula is C16H26N2O2. The third kappa shape index (κ3) is 3.81. The second-order valence-corrected chi connectivity index (χ2v) is 5.43. The third-order valence-electron chi connectivity index (χ3n) is 3.83. The van der Waals surface area contributed by atoms with E-state index in [1.54, 1.807) is 0 Å². The number of likely N-dealkylation sites (N-methyl/N-ethyl adjacent to an activating group) is 1. The molecule has 4 heteroatoms. The zero-order valence-corrected chi connectivity index (χ0v) is 12.9. The quantitative estimate of drug-likeness (QED) is 0.766. The Hall–Kier alpha value is -1.39. The van der Waals surface area contributed by atoms with E-state index in [0.717, 1.165) is 12.1 Å². The Kier molecular flexibility index (Phi) is 6.17. The predicted molar refractivity (Wildman–Crippen MR) is 81.8 cm³/mol. The van der Waals surface area contributed by atoms with Crippen LogP contribution in [0, 0.1) is 0 Å². The number of carboxylic acid groups (broad SMARTS) is 1. The number of rotatable bonds is 8. The summed E-state index contributed by atoms with van der Waals surface area (Å²) in [6, 6.07) is 9.84. The van der Waals surface area contributed by atoms with Gasteiger partial charge in [-0.2, -0.15) is 0 Å². The summed E-state index contributed by atoms with van der Waals surface area (Å²) in [5, 5.41) is 13.0. The van der Waals surface area contributed by atoms with E-state index in [1.807, 2.05) is 44.3 Å². The lowest BCUT2D eigenvalue weighted by Crippen LogP contribution is -2.51. The molecule has 0 saturated heterocycles. The van der Waals surface area contributed by atoms with Crippen LogP contribution in [0.15, 0.2) is 30.3 Å². The second kappa shape index (κ2) is 7.41. The summed E-state index contributed by atoms with van der Waals surface area (Å²) in [6.07, 6.45) is 0.537. The molecule has 1 unspecified atom stereocenters. The number of aliphatic carboxylic acids is 1. The first-order valence-electron chi connectivity index (χ1n) is 7.18. The molecule has 0 radical (unpaired) electrons. The molecule has 112 valence electrons. The smallest absolute Gasteiger partial charge is 0.328 e. The van der Waals surface area contributed by atoms with Gasteiger partial charge in [0.25, 0.3) is 0 Å². The zero-order valence-electron chi connectivity index (χ0n) is 12.9. The summed E-state index contributed by atoms with van der Waals surface area (Å²) in [4.78, 5) is 14.1. The van der Waals surface area contributed by atoms with Crippen molar-refractivity contribution in [1.29, 1.82) is 0 Å². The maximum absolute atomic E-state index is 11.9. The molecule has 0 aliphatic rings. The van der Waals surface area contributed by atoms with Crippen molar-refractivity contribution >= 4 is 5.97 Å². The van der Waals surface area contributed by atoms with Gasteiger partial charge in [-0.15, -0.1) is 0 Å². The van der Waals surface area contributed by atoms with Gasteiger partial charge in [0, 0.05) is 12.6 Å². The Balaban J connectivity index is 3.03. The first kappa shape index (κ1) is 16.7. The molecule has 0 spiro atoms. The molecule has 4 nitrogen and oxygen atoms in total. The van der Waals surface area contributed by atoms with E-state index < -0.39 is 11.5 Å². The number of hydrogen-bond acceptors (Lipinski definition) is 3. The van der Waals surface area contributed by atoms with Crippen molar-refractivity contribution < 1.29 is 9.90 Å². The standard InChI is InChI=1S/C16H26N2O2/c1-5-17-16(15(19)20,11-12-18(4)13(2)3)14-9-7-6-8-10-14/h6-10,13,17H,5,11-12H2,1-4H3,(H,19,20). The predicted octanol–water partition coefficient (Wildman–Crippen LogP) is 2.31. The van der Waals surface area contributed by atoms with Gasteiger partial charge in [0.15, 0.2) is 0 Å². The minimum atomic E-state index is -1.01. The van der Waals surface area contributed by atoms with Crippen molar-refractivity contribution in [2.45, 2.75) is 38.8 Å². The van der Waals surface area contributed by atoms with Gasteiger partial charge in [-0.3, -0.25) is 5.32 Å². The largest absolute Gasteiger partial charge is 0.480 e. The van der Waals surface area contributed by atoms with Crippen LogP contribution < -0.4 is 5.32 Å². The van der Waals surface area contributed by atoms with Crippen molar-refractivity contribution in [3.8, 4) is 0 Å². The van der Waals surface area contributed by atoms with E-state index >= 15 is 0 Å². The molecule has 0 fully saturated rings. The van der Waals surface area contributed by atoms with E-state index in [2.05, 4.69) is 24.1 Å². The number of carbonyl (C=O) groups is 1. The summed E-state index contributed by atoms with van der Waals surface area (Å²) in [5.74, 6) is -0.817. The maximum atomic E-state index is 11.9. The summed E-state index contributed by atoms with van der Waals surface area (Å²) in [7, 11) is 2.02. The van der Waals surface area contributed by atoms with E-state index in [-0.39, 0.29) is 0 Å². The number of hydrogen-bond donors (Lipinski definition) is 2. The molecule has 1 atom stereocenters. The minimum absolute atomic E-state index is 0.402. The lowest BCUT2D eigenvalue weighted by molar-refractivity contribution is -0.146. The molecule has 0 aromatic heterocycles. The van der Waals surface area contributed by atoms with Crippen LogP contribution in [-0.4, -0.2) is 42.2 Å². The average molecular weight is 278 g/mol. The Morgan fingerprint density at radius 2 is 1.95 bits per heavy atom. The van der Waals surface area contributed by atoms with Crippen LogP contribution >= 0.6 is 0 Å². The minimum Gasteiger partial charge on any atom is -0.480 e. The molecule has 0 saturated carbocycles. The van der Waals surface area contributed by atoms with E-state index in [1.165, 1.54) is 0 Å². The molecule has 20 heavy (non-hydrogen) atoms. The lowest BCUT2D eigenvalue weighted by atomic mass is 9.86. The molecule has 1 rings (SSSR count). The maximum Gasteiger partial charge on any atom is 0.328 e. The number of nitrogens with zero attached hydrogens (tertiary/aromatic N) is 1. The fourth-order valence-corrected chi connectivity index (χ4v) is 2.27. The van der Waals surface area contributed by atoms with Crippen LogP contribution in [0.3, 0.4) is 0 Å². The number of nitrogens with one attached hydrogen (secondary N) is 1. The van der Waals surface area contributed by atoms with Gasteiger partial charge in [-0.05, 0) is 39.4 Å². The molecule has 0 bridgehead atoms. The third-order valence-corrected chi connectivity index (χ3v) is 3.83.